The lowest BCUT2D eigenvalue weighted by Crippen LogP contribution is -2.13. The fraction of sp³-hybridized carbons (Fsp3) is 0.125. The SMILES string of the molecule is CC#Cc1ccccc1NS(=O)(=O)c1ccc(C)cc1. The lowest BCUT2D eigenvalue weighted by molar-refractivity contribution is 0.601. The standard InChI is InChI=1S/C16H15NO2S/c1-3-6-14-7-4-5-8-16(14)17-20(18,19)15-11-9-13(2)10-12-15/h4-5,7-12,17H,1-2H3. The molecule has 2 aromatic carbocycles. The lowest BCUT2D eigenvalue weighted by Gasteiger charge is -2.10. The predicted molar refractivity (Wildman–Crippen MR) is 81.0 cm³/mol. The van der Waals surface area contributed by atoms with E-state index in [1.54, 1.807) is 49.4 Å². The van der Waals surface area contributed by atoms with Crippen molar-refractivity contribution in [1.29, 1.82) is 0 Å². The lowest BCUT2D eigenvalue weighted by atomic mass is 10.2. The molecule has 0 fully saturated rings. The Balaban J connectivity index is 2.37. The second kappa shape index (κ2) is 5.81. The van der Waals surface area contributed by atoms with Crippen molar-refractivity contribution >= 4 is 15.7 Å². The van der Waals surface area contributed by atoms with Crippen molar-refractivity contribution in [1.82, 2.24) is 0 Å². The first-order valence-corrected chi connectivity index (χ1v) is 7.62. The number of hydrogen-bond donors (Lipinski definition) is 1. The molecule has 0 aliphatic carbocycles. The van der Waals surface area contributed by atoms with Crippen molar-refractivity contribution in [3.8, 4) is 11.8 Å². The molecular formula is C16H15NO2S. The molecule has 0 radical (unpaired) electrons. The average Bonchev–Trinajstić information content (AvgIpc) is 2.41. The highest BCUT2D eigenvalue weighted by atomic mass is 32.2. The van der Waals surface area contributed by atoms with Crippen LogP contribution in [-0.4, -0.2) is 8.42 Å². The normalized spacial score (nSPS) is 10.5. The third-order valence-electron chi connectivity index (χ3n) is 2.76. The molecule has 2 rings (SSSR count). The Morgan fingerprint density at radius 2 is 1.65 bits per heavy atom. The van der Waals surface area contributed by atoms with Gasteiger partial charge >= 0.3 is 0 Å². The van der Waals surface area contributed by atoms with Gasteiger partial charge in [0, 0.05) is 5.56 Å². The van der Waals surface area contributed by atoms with Crippen molar-refractivity contribution < 1.29 is 8.42 Å². The van der Waals surface area contributed by atoms with Gasteiger partial charge in [-0.2, -0.15) is 0 Å². The van der Waals surface area contributed by atoms with Gasteiger partial charge in [-0.15, -0.1) is 5.92 Å². The van der Waals surface area contributed by atoms with E-state index in [0.717, 1.165) is 5.56 Å². The Labute approximate surface area is 119 Å². The summed E-state index contributed by atoms with van der Waals surface area (Å²) in [7, 11) is -3.59. The van der Waals surface area contributed by atoms with E-state index in [1.807, 2.05) is 13.0 Å². The topological polar surface area (TPSA) is 46.2 Å². The number of para-hydroxylation sites is 1. The zero-order chi connectivity index (χ0) is 14.6. The third-order valence-corrected chi connectivity index (χ3v) is 4.14. The van der Waals surface area contributed by atoms with Crippen molar-refractivity contribution in [2.24, 2.45) is 0 Å². The Kier molecular flexibility index (Phi) is 4.11. The highest BCUT2D eigenvalue weighted by Gasteiger charge is 2.15. The molecule has 0 unspecified atom stereocenters. The van der Waals surface area contributed by atoms with E-state index in [2.05, 4.69) is 16.6 Å². The zero-order valence-electron chi connectivity index (χ0n) is 11.3. The van der Waals surface area contributed by atoms with Crippen molar-refractivity contribution in [3.05, 3.63) is 59.7 Å². The molecule has 0 aliphatic rings. The quantitative estimate of drug-likeness (QED) is 0.880. The number of rotatable bonds is 3. The van der Waals surface area contributed by atoms with E-state index in [-0.39, 0.29) is 4.90 Å². The fourth-order valence-electron chi connectivity index (χ4n) is 1.74. The monoisotopic (exact) mass is 285 g/mol. The zero-order valence-corrected chi connectivity index (χ0v) is 12.2. The van der Waals surface area contributed by atoms with Crippen molar-refractivity contribution in [2.45, 2.75) is 18.7 Å². The van der Waals surface area contributed by atoms with Crippen LogP contribution in [0.15, 0.2) is 53.4 Å². The van der Waals surface area contributed by atoms with E-state index in [9.17, 15) is 8.42 Å². The molecule has 3 nitrogen and oxygen atoms in total. The third kappa shape index (κ3) is 3.19. The summed E-state index contributed by atoms with van der Waals surface area (Å²) in [6.07, 6.45) is 0. The van der Waals surface area contributed by atoms with Gasteiger partial charge in [0.2, 0.25) is 0 Å². The molecule has 0 aliphatic heterocycles. The first-order chi connectivity index (χ1) is 9.53. The minimum absolute atomic E-state index is 0.238. The Bertz CT molecular complexity index is 766. The van der Waals surface area contributed by atoms with Gasteiger partial charge < -0.3 is 0 Å². The minimum Gasteiger partial charge on any atom is -0.278 e. The van der Waals surface area contributed by atoms with Crippen LogP contribution in [0.3, 0.4) is 0 Å². The van der Waals surface area contributed by atoms with Crippen LogP contribution in [0.5, 0.6) is 0 Å². The molecule has 0 saturated heterocycles. The van der Waals surface area contributed by atoms with E-state index in [1.165, 1.54) is 0 Å². The summed E-state index contributed by atoms with van der Waals surface area (Å²) in [6, 6.07) is 13.8. The number of hydrogen-bond acceptors (Lipinski definition) is 2. The smallest absolute Gasteiger partial charge is 0.261 e. The van der Waals surface area contributed by atoms with E-state index in [0.29, 0.717) is 11.3 Å². The highest BCUT2D eigenvalue weighted by Crippen LogP contribution is 2.19. The molecule has 2 aromatic rings. The predicted octanol–water partition coefficient (Wildman–Crippen LogP) is 3.17. The molecule has 0 atom stereocenters. The van der Waals surface area contributed by atoms with Crippen LogP contribution >= 0.6 is 0 Å². The second-order valence-corrected chi connectivity index (χ2v) is 6.02. The molecule has 0 amide bonds. The van der Waals surface area contributed by atoms with Gasteiger partial charge in [-0.1, -0.05) is 35.7 Å². The van der Waals surface area contributed by atoms with Gasteiger partial charge in [-0.25, -0.2) is 8.42 Å². The fourth-order valence-corrected chi connectivity index (χ4v) is 2.82. The molecule has 4 heteroatoms. The molecule has 0 aromatic heterocycles. The molecule has 0 bridgehead atoms. The number of benzene rings is 2. The minimum atomic E-state index is -3.59. The maximum absolute atomic E-state index is 12.3. The van der Waals surface area contributed by atoms with Crippen LogP contribution in [0, 0.1) is 18.8 Å². The van der Waals surface area contributed by atoms with E-state index < -0.39 is 10.0 Å². The summed E-state index contributed by atoms with van der Waals surface area (Å²) < 4.78 is 27.2. The summed E-state index contributed by atoms with van der Waals surface area (Å²) in [5.74, 6) is 5.65. The largest absolute Gasteiger partial charge is 0.278 e. The van der Waals surface area contributed by atoms with Gasteiger partial charge in [-0.3, -0.25) is 4.72 Å². The number of aryl methyl sites for hydroxylation is 1. The molecule has 0 heterocycles. The Hall–Kier alpha value is -2.25. The van der Waals surface area contributed by atoms with Crippen molar-refractivity contribution in [3.63, 3.8) is 0 Å². The van der Waals surface area contributed by atoms with Gasteiger partial charge in [0.15, 0.2) is 0 Å². The average molecular weight is 285 g/mol. The summed E-state index contributed by atoms with van der Waals surface area (Å²) >= 11 is 0. The molecular weight excluding hydrogens is 270 g/mol. The van der Waals surface area contributed by atoms with E-state index in [4.69, 9.17) is 0 Å². The first kappa shape index (κ1) is 14.2. The summed E-state index contributed by atoms with van der Waals surface area (Å²) in [6.45, 7) is 3.63. The molecule has 1 N–H and O–H groups in total. The summed E-state index contributed by atoms with van der Waals surface area (Å²) in [4.78, 5) is 0.238. The number of nitrogens with one attached hydrogen (secondary N) is 1. The maximum Gasteiger partial charge on any atom is 0.261 e. The van der Waals surface area contributed by atoms with Gasteiger partial charge in [0.25, 0.3) is 10.0 Å². The molecule has 102 valence electrons. The molecule has 0 saturated carbocycles. The second-order valence-electron chi connectivity index (χ2n) is 4.34. The van der Waals surface area contributed by atoms with Gasteiger partial charge in [-0.05, 0) is 38.1 Å². The highest BCUT2D eigenvalue weighted by molar-refractivity contribution is 7.92. The Morgan fingerprint density at radius 1 is 1.00 bits per heavy atom. The van der Waals surface area contributed by atoms with Crippen LogP contribution in [0.25, 0.3) is 0 Å². The van der Waals surface area contributed by atoms with Crippen molar-refractivity contribution in [2.75, 3.05) is 4.72 Å². The number of sulfonamides is 1. The summed E-state index contributed by atoms with van der Waals surface area (Å²) in [5.41, 5.74) is 2.16. The van der Waals surface area contributed by atoms with Crippen LogP contribution in [-0.2, 0) is 10.0 Å². The van der Waals surface area contributed by atoms with Gasteiger partial charge in [0.1, 0.15) is 0 Å². The maximum atomic E-state index is 12.3. The molecule has 20 heavy (non-hydrogen) atoms. The summed E-state index contributed by atoms with van der Waals surface area (Å²) in [5, 5.41) is 0. The molecule has 0 spiro atoms. The van der Waals surface area contributed by atoms with E-state index >= 15 is 0 Å². The van der Waals surface area contributed by atoms with Crippen LogP contribution in [0.1, 0.15) is 18.1 Å². The van der Waals surface area contributed by atoms with Crippen LogP contribution in [0.2, 0.25) is 0 Å². The Morgan fingerprint density at radius 3 is 2.30 bits per heavy atom. The first-order valence-electron chi connectivity index (χ1n) is 6.14. The van der Waals surface area contributed by atoms with Gasteiger partial charge in [0.05, 0.1) is 10.6 Å². The number of anilines is 1. The van der Waals surface area contributed by atoms with Crippen LogP contribution in [0.4, 0.5) is 5.69 Å². The van der Waals surface area contributed by atoms with Crippen LogP contribution < -0.4 is 4.72 Å².